The Kier molecular flexibility index (Phi) is 6.27. The van der Waals surface area contributed by atoms with Crippen LogP contribution in [0.2, 0.25) is 0 Å². The Morgan fingerprint density at radius 1 is 1.14 bits per heavy atom. The zero-order valence-corrected chi connectivity index (χ0v) is 20.2. The molecule has 1 amide bonds. The van der Waals surface area contributed by atoms with Gasteiger partial charge in [0, 0.05) is 70.7 Å². The van der Waals surface area contributed by atoms with Crippen molar-refractivity contribution in [1.82, 2.24) is 24.6 Å². The minimum atomic E-state index is -0.425. The van der Waals surface area contributed by atoms with Crippen LogP contribution in [0, 0.1) is 5.82 Å². The van der Waals surface area contributed by atoms with Gasteiger partial charge in [0.05, 0.1) is 31.2 Å². The predicted octanol–water partition coefficient (Wildman–Crippen LogP) is 2.98. The largest absolute Gasteiger partial charge is 0.497 e. The second kappa shape index (κ2) is 9.52. The Morgan fingerprint density at radius 3 is 2.60 bits per heavy atom. The first kappa shape index (κ1) is 23.1. The monoisotopic (exact) mass is 480 g/mol. The van der Waals surface area contributed by atoms with Crippen molar-refractivity contribution in [2.45, 2.75) is 38.8 Å². The highest BCUT2D eigenvalue weighted by Crippen LogP contribution is 2.33. The Hall–Kier alpha value is -3.69. The fourth-order valence-corrected chi connectivity index (χ4v) is 4.62. The Balaban J connectivity index is 1.36. The summed E-state index contributed by atoms with van der Waals surface area (Å²) in [6, 6.07) is 4.64. The van der Waals surface area contributed by atoms with Crippen molar-refractivity contribution in [3.63, 3.8) is 0 Å². The third-order valence-corrected chi connectivity index (χ3v) is 6.59. The van der Waals surface area contributed by atoms with Gasteiger partial charge in [-0.05, 0) is 12.1 Å². The van der Waals surface area contributed by atoms with Crippen LogP contribution in [-0.2, 0) is 24.8 Å². The summed E-state index contributed by atoms with van der Waals surface area (Å²) >= 11 is 0. The van der Waals surface area contributed by atoms with Crippen LogP contribution in [0.4, 0.5) is 10.2 Å². The number of hydrogen-bond donors (Lipinski definition) is 0. The fraction of sp³-hybridized carbons (Fsp3) is 0.440. The maximum Gasteiger partial charge on any atom is 0.219 e. The van der Waals surface area contributed by atoms with Gasteiger partial charge in [0.15, 0.2) is 17.4 Å². The van der Waals surface area contributed by atoms with Gasteiger partial charge in [-0.15, -0.1) is 0 Å². The van der Waals surface area contributed by atoms with E-state index in [0.717, 1.165) is 41.3 Å². The number of aromatic nitrogens is 4. The molecule has 1 fully saturated rings. The molecule has 4 heterocycles. The highest BCUT2D eigenvalue weighted by molar-refractivity contribution is 5.74. The van der Waals surface area contributed by atoms with Crippen molar-refractivity contribution in [1.29, 1.82) is 0 Å². The van der Waals surface area contributed by atoms with E-state index in [4.69, 9.17) is 19.4 Å². The summed E-state index contributed by atoms with van der Waals surface area (Å²) in [5, 5.41) is 4.32. The maximum atomic E-state index is 14.3. The molecule has 0 N–H and O–H groups in total. The number of ether oxygens (including phenoxy) is 2. The van der Waals surface area contributed by atoms with Crippen LogP contribution in [0.15, 0.2) is 30.6 Å². The molecule has 0 bridgehead atoms. The average molecular weight is 481 g/mol. The Morgan fingerprint density at radius 2 is 1.94 bits per heavy atom. The summed E-state index contributed by atoms with van der Waals surface area (Å²) in [6.07, 6.45) is 5.76. The van der Waals surface area contributed by atoms with Crippen LogP contribution >= 0.6 is 0 Å². The molecule has 3 aromatic rings. The van der Waals surface area contributed by atoms with Gasteiger partial charge in [-0.3, -0.25) is 9.48 Å². The molecule has 0 saturated carbocycles. The normalized spacial score (nSPS) is 16.2. The smallest absolute Gasteiger partial charge is 0.219 e. The van der Waals surface area contributed by atoms with E-state index in [9.17, 15) is 9.18 Å². The first-order chi connectivity index (χ1) is 16.9. The van der Waals surface area contributed by atoms with Crippen molar-refractivity contribution < 1.29 is 18.7 Å². The molecule has 1 aromatic carbocycles. The van der Waals surface area contributed by atoms with Crippen LogP contribution in [0.1, 0.15) is 31.2 Å². The second-order valence-corrected chi connectivity index (χ2v) is 8.98. The molecular weight excluding hydrogens is 451 g/mol. The van der Waals surface area contributed by atoms with Crippen LogP contribution in [0.25, 0.3) is 11.3 Å². The number of aryl methyl sites for hydroxylation is 1. The van der Waals surface area contributed by atoms with E-state index in [1.54, 1.807) is 34.8 Å². The molecule has 0 unspecified atom stereocenters. The first-order valence-corrected chi connectivity index (χ1v) is 11.8. The quantitative estimate of drug-likeness (QED) is 0.555. The SMILES string of the molecule is COc1ccc(OC2CCN(c3nc4c(nc3-c3cnn(C)c3)CN(C(C)=O)CC4)CC2)c(F)c1. The summed E-state index contributed by atoms with van der Waals surface area (Å²) in [5.74, 6) is 1.14. The van der Waals surface area contributed by atoms with E-state index < -0.39 is 5.82 Å². The third kappa shape index (κ3) is 4.78. The van der Waals surface area contributed by atoms with Crippen molar-refractivity contribution in [3.05, 3.63) is 47.8 Å². The number of hydrogen-bond acceptors (Lipinski definition) is 7. The molecule has 2 aliphatic rings. The number of fused-ring (bicyclic) bond motifs is 1. The first-order valence-electron chi connectivity index (χ1n) is 11.8. The standard InChI is InChI=1S/C25H29FN6O3/c1-16(33)32-11-8-21-22(15-32)28-24(17-13-27-30(2)14-17)25(29-21)31-9-6-18(7-10-31)35-23-5-4-19(34-3)12-20(23)26/h4-5,12-14,18H,6-11,15H2,1-3H3. The van der Waals surface area contributed by atoms with Crippen LogP contribution in [-0.4, -0.2) is 63.4 Å². The Bertz CT molecular complexity index is 1240. The van der Waals surface area contributed by atoms with Gasteiger partial charge in [0.25, 0.3) is 0 Å². The molecule has 5 rings (SSSR count). The van der Waals surface area contributed by atoms with Gasteiger partial charge < -0.3 is 19.3 Å². The fourth-order valence-electron chi connectivity index (χ4n) is 4.62. The van der Waals surface area contributed by atoms with Crippen LogP contribution < -0.4 is 14.4 Å². The number of methoxy groups -OCH3 is 1. The molecule has 9 nitrogen and oxygen atoms in total. The molecule has 10 heteroatoms. The van der Waals surface area contributed by atoms with Crippen molar-refractivity contribution in [3.8, 4) is 22.8 Å². The number of anilines is 1. The average Bonchev–Trinajstić information content (AvgIpc) is 3.30. The predicted molar refractivity (Wildman–Crippen MR) is 128 cm³/mol. The summed E-state index contributed by atoms with van der Waals surface area (Å²) in [4.78, 5) is 25.9. The lowest BCUT2D eigenvalue weighted by molar-refractivity contribution is -0.129. The Labute approximate surface area is 203 Å². The number of rotatable bonds is 5. The summed E-state index contributed by atoms with van der Waals surface area (Å²) in [7, 11) is 3.38. The zero-order valence-electron chi connectivity index (χ0n) is 20.2. The molecule has 184 valence electrons. The lowest BCUT2D eigenvalue weighted by atomic mass is 10.1. The van der Waals surface area contributed by atoms with Gasteiger partial charge in [-0.2, -0.15) is 5.10 Å². The molecule has 35 heavy (non-hydrogen) atoms. The number of amides is 1. The topological polar surface area (TPSA) is 85.6 Å². The van der Waals surface area contributed by atoms with Crippen LogP contribution in [0.3, 0.4) is 0 Å². The summed E-state index contributed by atoms with van der Waals surface area (Å²) in [5.41, 5.74) is 3.42. The molecule has 2 aromatic heterocycles. The van der Waals surface area contributed by atoms with Crippen molar-refractivity contribution >= 4 is 11.7 Å². The number of halogens is 1. The highest BCUT2D eigenvalue weighted by atomic mass is 19.1. The van der Waals surface area contributed by atoms with E-state index in [2.05, 4.69) is 10.00 Å². The van der Waals surface area contributed by atoms with Gasteiger partial charge in [-0.25, -0.2) is 14.4 Å². The van der Waals surface area contributed by atoms with Crippen molar-refractivity contribution in [2.75, 3.05) is 31.6 Å². The lowest BCUT2D eigenvalue weighted by Crippen LogP contribution is -2.40. The van der Waals surface area contributed by atoms with Gasteiger partial charge in [0.1, 0.15) is 17.5 Å². The van der Waals surface area contributed by atoms with E-state index in [1.165, 1.54) is 13.2 Å². The minimum absolute atomic E-state index is 0.0415. The third-order valence-electron chi connectivity index (χ3n) is 6.59. The number of nitrogens with zero attached hydrogens (tertiary/aromatic N) is 6. The molecule has 2 aliphatic heterocycles. The van der Waals surface area contributed by atoms with E-state index in [0.29, 0.717) is 38.3 Å². The molecule has 0 spiro atoms. The zero-order chi connectivity index (χ0) is 24.5. The molecule has 0 radical (unpaired) electrons. The minimum Gasteiger partial charge on any atom is -0.497 e. The van der Waals surface area contributed by atoms with Gasteiger partial charge >= 0.3 is 0 Å². The van der Waals surface area contributed by atoms with Gasteiger partial charge in [-0.1, -0.05) is 0 Å². The molecule has 0 atom stereocenters. The van der Waals surface area contributed by atoms with Gasteiger partial charge in [0.2, 0.25) is 5.91 Å². The number of carbonyl (C=O) groups excluding carboxylic acids is 1. The molecule has 0 aliphatic carbocycles. The second-order valence-electron chi connectivity index (χ2n) is 8.98. The van der Waals surface area contributed by atoms with E-state index in [-0.39, 0.29) is 17.8 Å². The number of benzene rings is 1. The molecule has 1 saturated heterocycles. The highest BCUT2D eigenvalue weighted by Gasteiger charge is 2.29. The maximum absolute atomic E-state index is 14.3. The van der Waals surface area contributed by atoms with Crippen molar-refractivity contribution in [2.24, 2.45) is 7.05 Å². The number of piperidine rings is 1. The van der Waals surface area contributed by atoms with E-state index in [1.807, 2.05) is 13.2 Å². The van der Waals surface area contributed by atoms with Crippen LogP contribution in [0.5, 0.6) is 11.5 Å². The number of carbonyl (C=O) groups is 1. The lowest BCUT2D eigenvalue weighted by Gasteiger charge is -2.35. The molecular formula is C25H29FN6O3. The van der Waals surface area contributed by atoms with E-state index >= 15 is 0 Å². The summed E-state index contributed by atoms with van der Waals surface area (Å²) < 4.78 is 27.1. The summed E-state index contributed by atoms with van der Waals surface area (Å²) in [6.45, 7) is 4.12.